The Morgan fingerprint density at radius 3 is 2.16 bits per heavy atom. The molecule has 0 unspecified atom stereocenters. The van der Waals surface area contributed by atoms with Crippen LogP contribution in [-0.2, 0) is 21.1 Å². The molecule has 274 valence electrons. The summed E-state index contributed by atoms with van der Waals surface area (Å²) < 4.78 is 4.51. The minimum atomic E-state index is 0. The number of aryl methyl sites for hydroxylation is 3. The number of hydrogen-bond acceptors (Lipinski definition) is 2. The van der Waals surface area contributed by atoms with E-state index < -0.39 is 0 Å². The standard InChI is InChI=1S/C51H35N5.Pt/c1-31-27-32(2)48(33(3)28-31)35-23-25-44-42(29-35)39-24-22-34(30-46(39)56(44)47-21-9-10-26-52-47)37-16-12-20-45-50(37)54-51(55(45)36-13-5-4-6-14-36)41-18-11-17-40-38-15-7-8-19-43(38)53-49(40)41;/h4-29H,1-3H3;/q-2;+2. The fourth-order valence-electron chi connectivity index (χ4n) is 8.93. The van der Waals surface area contributed by atoms with Crippen LogP contribution in [0.3, 0.4) is 0 Å². The van der Waals surface area contributed by atoms with E-state index in [4.69, 9.17) is 15.0 Å². The van der Waals surface area contributed by atoms with Crippen LogP contribution in [0, 0.1) is 26.8 Å². The van der Waals surface area contributed by atoms with Crippen molar-refractivity contribution in [1.82, 2.24) is 24.1 Å². The Bertz CT molecular complexity index is 3310. The van der Waals surface area contributed by atoms with Gasteiger partial charge in [-0.05, 0) is 101 Å². The first-order chi connectivity index (χ1) is 27.5. The second-order valence-corrected chi connectivity index (χ2v) is 14.8. The number of aromatic nitrogens is 5. The van der Waals surface area contributed by atoms with E-state index in [1.54, 1.807) is 0 Å². The molecular formula is C51H35N5Pt. The third kappa shape index (κ3) is 5.49. The quantitative estimate of drug-likeness (QED) is 0.162. The van der Waals surface area contributed by atoms with E-state index in [1.807, 2.05) is 24.4 Å². The first kappa shape index (κ1) is 34.9. The van der Waals surface area contributed by atoms with Crippen LogP contribution in [0.4, 0.5) is 0 Å². The van der Waals surface area contributed by atoms with Gasteiger partial charge in [0, 0.05) is 23.0 Å². The summed E-state index contributed by atoms with van der Waals surface area (Å²) in [5, 5.41) is 4.57. The van der Waals surface area contributed by atoms with E-state index in [1.165, 1.54) is 33.2 Å². The predicted octanol–water partition coefficient (Wildman–Crippen LogP) is 12.5. The molecule has 11 aromatic rings. The van der Waals surface area contributed by atoms with Crippen molar-refractivity contribution in [3.05, 3.63) is 181 Å². The van der Waals surface area contributed by atoms with Crippen LogP contribution in [-0.4, -0.2) is 19.1 Å². The van der Waals surface area contributed by atoms with Crippen molar-refractivity contribution in [1.29, 1.82) is 0 Å². The molecule has 0 bridgehead atoms. The average molecular weight is 913 g/mol. The Morgan fingerprint density at radius 2 is 1.33 bits per heavy atom. The molecule has 0 atom stereocenters. The van der Waals surface area contributed by atoms with Crippen molar-refractivity contribution < 1.29 is 21.1 Å². The summed E-state index contributed by atoms with van der Waals surface area (Å²) in [5.74, 6) is 1.71. The summed E-state index contributed by atoms with van der Waals surface area (Å²) in [6, 6.07) is 57.5. The Morgan fingerprint density at radius 1 is 0.579 bits per heavy atom. The van der Waals surface area contributed by atoms with Crippen LogP contribution in [0.2, 0.25) is 0 Å². The molecule has 0 aliphatic carbocycles. The van der Waals surface area contributed by atoms with E-state index in [-0.39, 0.29) is 21.1 Å². The maximum absolute atomic E-state index is 5.51. The molecule has 7 aromatic carbocycles. The molecule has 11 rings (SSSR count). The molecule has 57 heavy (non-hydrogen) atoms. The van der Waals surface area contributed by atoms with Gasteiger partial charge in [-0.2, -0.15) is 0 Å². The van der Waals surface area contributed by atoms with Crippen molar-refractivity contribution in [2.45, 2.75) is 20.8 Å². The third-order valence-electron chi connectivity index (χ3n) is 11.2. The van der Waals surface area contributed by atoms with Gasteiger partial charge in [-0.1, -0.05) is 120 Å². The van der Waals surface area contributed by atoms with Crippen LogP contribution in [0.25, 0.3) is 99.8 Å². The van der Waals surface area contributed by atoms with Crippen LogP contribution >= 0.6 is 0 Å². The molecule has 0 spiro atoms. The van der Waals surface area contributed by atoms with E-state index in [9.17, 15) is 0 Å². The Hall–Kier alpha value is -6.55. The number of rotatable bonds is 5. The first-order valence-corrected chi connectivity index (χ1v) is 19.0. The van der Waals surface area contributed by atoms with Gasteiger partial charge in [0.1, 0.15) is 11.6 Å². The largest absolute Gasteiger partial charge is 2.00 e. The third-order valence-corrected chi connectivity index (χ3v) is 11.2. The number of pyridine rings is 1. The summed E-state index contributed by atoms with van der Waals surface area (Å²) in [6.45, 7) is 6.58. The summed E-state index contributed by atoms with van der Waals surface area (Å²) in [4.78, 5) is 15.5. The summed E-state index contributed by atoms with van der Waals surface area (Å²) in [7, 11) is 0. The SMILES string of the molecule is Cc1cc(C)c(-c2ccc3c(c2)c2ccc(-c4cccc5c4nc(-c4cccc6c4[n-]c4ccccc46)n5-c4ccccc4)[c-]c2n3-c2ccccn2)c(C)c1.[Pt+2]. The van der Waals surface area contributed by atoms with Gasteiger partial charge in [-0.25, -0.2) is 9.97 Å². The number of benzene rings is 7. The van der Waals surface area contributed by atoms with Crippen LogP contribution in [0.5, 0.6) is 0 Å². The van der Waals surface area contributed by atoms with Gasteiger partial charge >= 0.3 is 21.1 Å². The fourth-order valence-corrected chi connectivity index (χ4v) is 8.93. The van der Waals surface area contributed by atoms with Gasteiger partial charge < -0.3 is 9.55 Å². The maximum Gasteiger partial charge on any atom is 2.00 e. The molecule has 4 heterocycles. The predicted molar refractivity (Wildman–Crippen MR) is 231 cm³/mol. The van der Waals surface area contributed by atoms with Crippen molar-refractivity contribution in [2.24, 2.45) is 0 Å². The molecule has 4 aromatic heterocycles. The minimum absolute atomic E-state index is 0. The zero-order valence-corrected chi connectivity index (χ0v) is 33.8. The Balaban J connectivity index is 0.00000396. The van der Waals surface area contributed by atoms with Crippen LogP contribution < -0.4 is 4.98 Å². The molecule has 0 saturated carbocycles. The molecule has 0 amide bonds. The van der Waals surface area contributed by atoms with Crippen molar-refractivity contribution >= 4 is 54.6 Å². The van der Waals surface area contributed by atoms with Gasteiger partial charge in [-0.15, -0.1) is 34.8 Å². The number of fused-ring (bicyclic) bond motifs is 7. The van der Waals surface area contributed by atoms with Gasteiger partial charge in [0.15, 0.2) is 0 Å². The van der Waals surface area contributed by atoms with Gasteiger partial charge in [0.25, 0.3) is 0 Å². The van der Waals surface area contributed by atoms with Crippen molar-refractivity contribution in [2.75, 3.05) is 0 Å². The van der Waals surface area contributed by atoms with E-state index in [0.29, 0.717) is 0 Å². The molecule has 0 radical (unpaired) electrons. The molecule has 0 aliphatic rings. The zero-order valence-electron chi connectivity index (χ0n) is 31.6. The second kappa shape index (κ2) is 13.6. The molecular weight excluding hydrogens is 878 g/mol. The van der Waals surface area contributed by atoms with Gasteiger partial charge in [0.2, 0.25) is 0 Å². The number of para-hydroxylation sites is 4. The molecule has 0 saturated heterocycles. The topological polar surface area (TPSA) is 49.7 Å². The van der Waals surface area contributed by atoms with Gasteiger partial charge in [0.05, 0.1) is 11.0 Å². The number of nitrogens with zero attached hydrogens (tertiary/aromatic N) is 5. The second-order valence-electron chi connectivity index (χ2n) is 14.8. The molecule has 0 fully saturated rings. The van der Waals surface area contributed by atoms with E-state index in [0.717, 1.165) is 83.3 Å². The molecule has 5 nitrogen and oxygen atoms in total. The summed E-state index contributed by atoms with van der Waals surface area (Å²) >= 11 is 0. The molecule has 0 aliphatic heterocycles. The number of imidazole rings is 1. The normalized spacial score (nSPS) is 11.6. The smallest absolute Gasteiger partial charge is 0.656 e. The van der Waals surface area contributed by atoms with Crippen molar-refractivity contribution in [3.8, 4) is 45.1 Å². The Labute approximate surface area is 344 Å². The van der Waals surface area contributed by atoms with Crippen LogP contribution in [0.15, 0.2) is 158 Å². The summed E-state index contributed by atoms with van der Waals surface area (Å²) in [6.07, 6.45) is 1.86. The summed E-state index contributed by atoms with van der Waals surface area (Å²) in [5.41, 5.74) is 16.3. The van der Waals surface area contributed by atoms with Gasteiger partial charge in [-0.3, -0.25) is 4.57 Å². The monoisotopic (exact) mass is 912 g/mol. The Kier molecular flexibility index (Phi) is 8.32. The zero-order chi connectivity index (χ0) is 37.5. The first-order valence-electron chi connectivity index (χ1n) is 19.0. The molecule has 6 heteroatoms. The number of hydrogen-bond donors (Lipinski definition) is 0. The maximum atomic E-state index is 5.51. The van der Waals surface area contributed by atoms with E-state index >= 15 is 0 Å². The fraction of sp³-hybridized carbons (Fsp3) is 0.0588. The van der Waals surface area contributed by atoms with Crippen molar-refractivity contribution in [3.63, 3.8) is 0 Å². The minimum Gasteiger partial charge on any atom is -0.656 e. The van der Waals surface area contributed by atoms with E-state index in [2.05, 4.69) is 169 Å². The molecule has 0 N–H and O–H groups in total. The average Bonchev–Trinajstić information content (AvgIpc) is 3.90. The van der Waals surface area contributed by atoms with Crippen LogP contribution in [0.1, 0.15) is 16.7 Å².